The van der Waals surface area contributed by atoms with Crippen LogP contribution in [0.5, 0.6) is 0 Å². The Morgan fingerprint density at radius 1 is 0.528 bits per heavy atom. The molecular formula is C34H20O2. The average Bonchev–Trinajstić information content (AvgIpc) is 3.70. The largest absolute Gasteiger partial charge is 0.456 e. The van der Waals surface area contributed by atoms with Crippen molar-refractivity contribution >= 4 is 54.5 Å². The van der Waals surface area contributed by atoms with Gasteiger partial charge in [-0.2, -0.15) is 0 Å². The summed E-state index contributed by atoms with van der Waals surface area (Å²) in [4.78, 5) is 0. The Labute approximate surface area is 225 Å². The lowest BCUT2D eigenvalue weighted by molar-refractivity contribution is 0.635. The first-order valence-electron chi connectivity index (χ1n) is 17.6. The van der Waals surface area contributed by atoms with Gasteiger partial charge in [0, 0.05) is 16.3 Å². The summed E-state index contributed by atoms with van der Waals surface area (Å²) in [6.07, 6.45) is 0. The van der Waals surface area contributed by atoms with Crippen molar-refractivity contribution in [3.63, 3.8) is 0 Å². The summed E-state index contributed by atoms with van der Waals surface area (Å²) in [6, 6.07) is 3.77. The molecule has 6 aromatic carbocycles. The summed E-state index contributed by atoms with van der Waals surface area (Å²) in [5.41, 5.74) is 0.602. The van der Waals surface area contributed by atoms with Gasteiger partial charge in [0.15, 0.2) is 0 Å². The number of hydrogen-bond donors (Lipinski definition) is 0. The molecule has 36 heavy (non-hydrogen) atoms. The van der Waals surface area contributed by atoms with Crippen LogP contribution in [0.4, 0.5) is 0 Å². The van der Waals surface area contributed by atoms with Gasteiger partial charge >= 0.3 is 0 Å². The topological polar surface area (TPSA) is 26.3 Å². The quantitative estimate of drug-likeness (QED) is 0.233. The Bertz CT molecular complexity index is 2710. The molecular weight excluding hydrogens is 440 g/mol. The maximum Gasteiger partial charge on any atom is 0.146 e. The molecule has 0 amide bonds. The molecule has 0 aliphatic carbocycles. The first kappa shape index (κ1) is 10.8. The molecule has 8 aromatic rings. The van der Waals surface area contributed by atoms with E-state index < -0.39 is 84.1 Å². The van der Waals surface area contributed by atoms with Crippen LogP contribution < -0.4 is 0 Å². The van der Waals surface area contributed by atoms with Crippen LogP contribution in [0.3, 0.4) is 0 Å². The molecule has 2 nitrogen and oxygen atoms in total. The zero-order chi connectivity index (χ0) is 35.0. The molecule has 0 radical (unpaired) electrons. The highest BCUT2D eigenvalue weighted by Gasteiger charge is 2.20. The number of fused-ring (bicyclic) bond motifs is 7. The smallest absolute Gasteiger partial charge is 0.146 e. The minimum atomic E-state index is -0.725. The van der Waals surface area contributed by atoms with Crippen molar-refractivity contribution < 1.29 is 26.7 Å². The average molecular weight is 474 g/mol. The predicted molar refractivity (Wildman–Crippen MR) is 149 cm³/mol. The van der Waals surface area contributed by atoms with Gasteiger partial charge < -0.3 is 8.83 Å². The van der Waals surface area contributed by atoms with Gasteiger partial charge in [-0.05, 0) is 56.9 Å². The Kier molecular flexibility index (Phi) is 2.21. The standard InChI is InChI=1S/C34H20O2/c1-2-10-21(11-3-1)31-23-12-4-6-14-25(23)32(26-15-7-5-13-24(26)31)30-20-22-18-19-29-33(34(22)36-30)27-16-8-9-17-28(27)35-29/h1-20H/i1D,2D,3D,4D,5D,6D,7D,10D,11D,12D,13D,14D,15D. The van der Waals surface area contributed by atoms with Crippen LogP contribution in [0.1, 0.15) is 17.8 Å². The second-order valence-electron chi connectivity index (χ2n) is 8.32. The lowest BCUT2D eigenvalue weighted by Gasteiger charge is -2.16. The molecule has 0 saturated carbocycles. The van der Waals surface area contributed by atoms with E-state index in [0.717, 1.165) is 5.39 Å². The first-order chi connectivity index (χ1) is 23.3. The molecule has 0 unspecified atom stereocenters. The highest BCUT2D eigenvalue weighted by atomic mass is 16.3. The van der Waals surface area contributed by atoms with E-state index >= 15 is 0 Å². The fraction of sp³-hybridized carbons (Fsp3) is 0. The maximum atomic E-state index is 9.11. The second-order valence-corrected chi connectivity index (χ2v) is 8.32. The molecule has 2 heterocycles. The normalized spacial score (nSPS) is 16.9. The van der Waals surface area contributed by atoms with Crippen LogP contribution in [-0.2, 0) is 0 Å². The monoisotopic (exact) mass is 473 g/mol. The van der Waals surface area contributed by atoms with E-state index in [1.54, 1.807) is 24.3 Å². The molecule has 2 aromatic heterocycles. The highest BCUT2D eigenvalue weighted by molar-refractivity contribution is 6.22. The number of benzene rings is 6. The van der Waals surface area contributed by atoms with Gasteiger partial charge in [-0.25, -0.2) is 0 Å². The van der Waals surface area contributed by atoms with E-state index in [-0.39, 0.29) is 38.4 Å². The number of para-hydroxylation sites is 1. The van der Waals surface area contributed by atoms with Gasteiger partial charge in [0.2, 0.25) is 0 Å². The maximum absolute atomic E-state index is 9.11. The fourth-order valence-electron chi connectivity index (χ4n) is 4.93. The summed E-state index contributed by atoms with van der Waals surface area (Å²) >= 11 is 0. The summed E-state index contributed by atoms with van der Waals surface area (Å²) in [5, 5.41) is 0.946. The molecule has 0 atom stereocenters. The van der Waals surface area contributed by atoms with Crippen LogP contribution in [0.25, 0.3) is 76.9 Å². The number of furan rings is 2. The van der Waals surface area contributed by atoms with E-state index in [4.69, 9.17) is 26.7 Å². The molecule has 0 spiro atoms. The molecule has 168 valence electrons. The summed E-state index contributed by atoms with van der Waals surface area (Å²) in [6.45, 7) is 0. The van der Waals surface area contributed by atoms with Crippen molar-refractivity contribution in [1.82, 2.24) is 0 Å². The first-order valence-corrected chi connectivity index (χ1v) is 11.1. The highest BCUT2D eigenvalue weighted by Crippen LogP contribution is 2.46. The molecule has 0 aliphatic rings. The van der Waals surface area contributed by atoms with Crippen molar-refractivity contribution in [2.75, 3.05) is 0 Å². The van der Waals surface area contributed by atoms with E-state index in [1.807, 2.05) is 18.2 Å². The number of hydrogen-bond acceptors (Lipinski definition) is 2. The van der Waals surface area contributed by atoms with Gasteiger partial charge in [-0.3, -0.25) is 0 Å². The Hall–Kier alpha value is -4.82. The van der Waals surface area contributed by atoms with Gasteiger partial charge in [-0.1, -0.05) is 96.8 Å². The third kappa shape index (κ3) is 2.67. The lowest BCUT2D eigenvalue weighted by Crippen LogP contribution is -1.89. The third-order valence-corrected chi connectivity index (χ3v) is 6.40. The van der Waals surface area contributed by atoms with Crippen LogP contribution in [-0.4, -0.2) is 0 Å². The Balaban J connectivity index is 1.69. The second kappa shape index (κ2) is 7.34. The zero-order valence-corrected chi connectivity index (χ0v) is 18.4. The Morgan fingerprint density at radius 2 is 1.17 bits per heavy atom. The van der Waals surface area contributed by atoms with Crippen LogP contribution in [0.15, 0.2) is 130 Å². The van der Waals surface area contributed by atoms with Crippen molar-refractivity contribution in [2.24, 2.45) is 0 Å². The molecule has 0 aliphatic heterocycles. The summed E-state index contributed by atoms with van der Waals surface area (Å²) in [5.74, 6) is 0.0189. The summed E-state index contributed by atoms with van der Waals surface area (Å²) in [7, 11) is 0. The van der Waals surface area contributed by atoms with Crippen molar-refractivity contribution in [1.29, 1.82) is 0 Å². The molecule has 0 fully saturated rings. The van der Waals surface area contributed by atoms with Crippen LogP contribution >= 0.6 is 0 Å². The Morgan fingerprint density at radius 3 is 1.89 bits per heavy atom. The molecule has 8 rings (SSSR count). The minimum Gasteiger partial charge on any atom is -0.456 e. The van der Waals surface area contributed by atoms with Gasteiger partial charge in [-0.15, -0.1) is 0 Å². The third-order valence-electron chi connectivity index (χ3n) is 6.40. The van der Waals surface area contributed by atoms with E-state index in [2.05, 4.69) is 0 Å². The zero-order valence-electron chi connectivity index (χ0n) is 31.4. The molecule has 0 bridgehead atoms. The van der Waals surface area contributed by atoms with E-state index in [9.17, 15) is 0 Å². The van der Waals surface area contributed by atoms with Crippen LogP contribution in [0, 0.1) is 0 Å². The van der Waals surface area contributed by atoms with Crippen LogP contribution in [0.2, 0.25) is 0 Å². The molecule has 0 saturated heterocycles. The van der Waals surface area contributed by atoms with Crippen molar-refractivity contribution in [3.8, 4) is 22.5 Å². The fourth-order valence-corrected chi connectivity index (χ4v) is 4.93. The lowest BCUT2D eigenvalue weighted by atomic mass is 9.87. The van der Waals surface area contributed by atoms with Gasteiger partial charge in [0.25, 0.3) is 0 Å². The van der Waals surface area contributed by atoms with Gasteiger partial charge in [0.1, 0.15) is 22.5 Å². The van der Waals surface area contributed by atoms with Gasteiger partial charge in [0.05, 0.1) is 23.2 Å². The van der Waals surface area contributed by atoms with Crippen molar-refractivity contribution in [2.45, 2.75) is 0 Å². The number of rotatable bonds is 2. The van der Waals surface area contributed by atoms with Crippen molar-refractivity contribution in [3.05, 3.63) is 121 Å². The summed E-state index contributed by atoms with van der Waals surface area (Å²) < 4.78 is 126. The van der Waals surface area contributed by atoms with E-state index in [1.165, 1.54) is 0 Å². The molecule has 2 heteroatoms. The molecule has 0 N–H and O–H groups in total. The van der Waals surface area contributed by atoms with E-state index in [0.29, 0.717) is 27.5 Å². The SMILES string of the molecule is [2H]c1c([2H])c([2H])c(-c2c3c([2H])c([2H])c([2H])c([2H])c3c(-c3cc4ccc5oc6ccccc6c5c4o3)c3c([2H])c([2H])c([2H])c([2H])c23)c([2H])c1[2H]. The predicted octanol–water partition coefficient (Wildman–Crippen LogP) is 9.97. The minimum absolute atomic E-state index is 0.0189.